The zero-order valence-electron chi connectivity index (χ0n) is 14.7. The molecule has 26 heavy (non-hydrogen) atoms. The minimum atomic E-state index is -1.10. The number of hydrogen-bond donors (Lipinski definition) is 1. The molecule has 0 saturated carbocycles. The zero-order chi connectivity index (χ0) is 18.4. The second-order valence-corrected chi connectivity index (χ2v) is 6.31. The molecule has 4 heteroatoms. The first-order chi connectivity index (χ1) is 12.6. The maximum absolute atomic E-state index is 11.6. The summed E-state index contributed by atoms with van der Waals surface area (Å²) in [4.78, 5) is 11.6. The van der Waals surface area contributed by atoms with Gasteiger partial charge in [-0.15, -0.1) is 0 Å². The third kappa shape index (κ3) is 4.48. The van der Waals surface area contributed by atoms with Gasteiger partial charge < -0.3 is 14.6 Å². The Morgan fingerprint density at radius 1 is 0.962 bits per heavy atom. The SMILES string of the molecule is CC1=CCC(OCc2ccccc2)(OCc2ccccc2)C=C1C(=O)O. The Labute approximate surface area is 153 Å². The lowest BCUT2D eigenvalue weighted by molar-refractivity contribution is -0.217. The first-order valence-corrected chi connectivity index (χ1v) is 8.57. The largest absolute Gasteiger partial charge is 0.478 e. The van der Waals surface area contributed by atoms with Gasteiger partial charge in [0.1, 0.15) is 0 Å². The first kappa shape index (κ1) is 18.1. The minimum Gasteiger partial charge on any atom is -0.478 e. The lowest BCUT2D eigenvalue weighted by Gasteiger charge is -2.33. The van der Waals surface area contributed by atoms with E-state index in [9.17, 15) is 9.90 Å². The summed E-state index contributed by atoms with van der Waals surface area (Å²) in [6.07, 6.45) is 3.92. The van der Waals surface area contributed by atoms with Crippen molar-refractivity contribution in [3.8, 4) is 0 Å². The Morgan fingerprint density at radius 2 is 1.46 bits per heavy atom. The van der Waals surface area contributed by atoms with E-state index in [2.05, 4.69) is 0 Å². The molecule has 1 N–H and O–H groups in total. The van der Waals surface area contributed by atoms with Crippen LogP contribution in [-0.2, 0) is 27.5 Å². The Morgan fingerprint density at radius 3 is 1.92 bits per heavy atom. The highest BCUT2D eigenvalue weighted by atomic mass is 16.7. The third-order valence-corrected chi connectivity index (χ3v) is 4.36. The fraction of sp³-hybridized carbons (Fsp3) is 0.227. The molecule has 134 valence electrons. The maximum Gasteiger partial charge on any atom is 0.335 e. The van der Waals surface area contributed by atoms with Crippen LogP contribution in [0.25, 0.3) is 0 Å². The predicted octanol–water partition coefficient (Wildman–Crippen LogP) is 4.48. The van der Waals surface area contributed by atoms with Crippen LogP contribution in [0.4, 0.5) is 0 Å². The van der Waals surface area contributed by atoms with Gasteiger partial charge in [0.25, 0.3) is 0 Å². The second-order valence-electron chi connectivity index (χ2n) is 6.31. The highest BCUT2D eigenvalue weighted by Gasteiger charge is 2.34. The molecule has 0 bridgehead atoms. The summed E-state index contributed by atoms with van der Waals surface area (Å²) in [5.41, 5.74) is 2.95. The summed E-state index contributed by atoms with van der Waals surface area (Å²) in [6.45, 7) is 2.47. The first-order valence-electron chi connectivity index (χ1n) is 8.57. The van der Waals surface area contributed by atoms with Crippen LogP contribution in [-0.4, -0.2) is 16.9 Å². The van der Waals surface area contributed by atoms with Crippen LogP contribution in [0.2, 0.25) is 0 Å². The Kier molecular flexibility index (Phi) is 5.66. The van der Waals surface area contributed by atoms with Crippen molar-refractivity contribution in [3.05, 3.63) is 95.1 Å². The standard InChI is InChI=1S/C22H22O4/c1-17-12-13-22(14-20(17)21(23)24,25-15-18-8-4-2-5-9-18)26-16-19-10-6-3-7-11-19/h2-12,14H,13,15-16H2,1H3,(H,23,24). The molecular weight excluding hydrogens is 328 g/mol. The van der Waals surface area contributed by atoms with Crippen molar-refractivity contribution in [2.24, 2.45) is 0 Å². The Balaban J connectivity index is 1.82. The average molecular weight is 350 g/mol. The predicted molar refractivity (Wildman–Crippen MR) is 99.3 cm³/mol. The normalized spacial score (nSPS) is 15.9. The number of carbonyl (C=O) groups is 1. The average Bonchev–Trinajstić information content (AvgIpc) is 2.68. The smallest absolute Gasteiger partial charge is 0.335 e. The molecule has 0 saturated heterocycles. The lowest BCUT2D eigenvalue weighted by atomic mass is 9.94. The highest BCUT2D eigenvalue weighted by Crippen LogP contribution is 2.32. The number of aliphatic carboxylic acids is 1. The maximum atomic E-state index is 11.6. The van der Waals surface area contributed by atoms with Gasteiger partial charge in [-0.05, 0) is 29.7 Å². The molecule has 0 heterocycles. The molecule has 4 nitrogen and oxygen atoms in total. The van der Waals surface area contributed by atoms with Crippen molar-refractivity contribution in [2.45, 2.75) is 32.3 Å². The lowest BCUT2D eigenvalue weighted by Crippen LogP contribution is -2.36. The van der Waals surface area contributed by atoms with Crippen LogP contribution < -0.4 is 0 Å². The van der Waals surface area contributed by atoms with Crippen LogP contribution in [0.3, 0.4) is 0 Å². The fourth-order valence-electron chi connectivity index (χ4n) is 2.83. The van der Waals surface area contributed by atoms with E-state index in [-0.39, 0.29) is 5.57 Å². The van der Waals surface area contributed by atoms with Crippen LogP contribution in [0, 0.1) is 0 Å². The van der Waals surface area contributed by atoms with E-state index in [0.29, 0.717) is 19.6 Å². The molecule has 1 aliphatic carbocycles. The van der Waals surface area contributed by atoms with Crippen molar-refractivity contribution < 1.29 is 19.4 Å². The van der Waals surface area contributed by atoms with Crippen molar-refractivity contribution in [1.82, 2.24) is 0 Å². The minimum absolute atomic E-state index is 0.220. The van der Waals surface area contributed by atoms with Crippen LogP contribution in [0.15, 0.2) is 84.0 Å². The van der Waals surface area contributed by atoms with Gasteiger partial charge in [-0.25, -0.2) is 4.79 Å². The zero-order valence-corrected chi connectivity index (χ0v) is 14.7. The number of rotatable bonds is 7. The quantitative estimate of drug-likeness (QED) is 0.748. The van der Waals surface area contributed by atoms with Gasteiger partial charge in [0.05, 0.1) is 18.8 Å². The van der Waals surface area contributed by atoms with Gasteiger partial charge in [0.15, 0.2) is 5.79 Å². The molecular formula is C22H22O4. The van der Waals surface area contributed by atoms with E-state index in [1.54, 1.807) is 13.0 Å². The van der Waals surface area contributed by atoms with E-state index < -0.39 is 11.8 Å². The molecule has 0 radical (unpaired) electrons. The van der Waals surface area contributed by atoms with Crippen LogP contribution in [0.5, 0.6) is 0 Å². The summed E-state index contributed by atoms with van der Waals surface area (Å²) < 4.78 is 12.2. The molecule has 1 aliphatic rings. The second kappa shape index (κ2) is 8.13. The van der Waals surface area contributed by atoms with Gasteiger partial charge in [0, 0.05) is 6.42 Å². The van der Waals surface area contributed by atoms with Gasteiger partial charge in [-0.1, -0.05) is 66.7 Å². The van der Waals surface area contributed by atoms with Gasteiger partial charge in [0.2, 0.25) is 0 Å². The van der Waals surface area contributed by atoms with Gasteiger partial charge in [-0.2, -0.15) is 0 Å². The number of carboxylic acid groups (broad SMARTS) is 1. The van der Waals surface area contributed by atoms with Crippen LogP contribution in [0.1, 0.15) is 24.5 Å². The molecule has 2 aromatic rings. The molecule has 0 atom stereocenters. The summed E-state index contributed by atoms with van der Waals surface area (Å²) in [5, 5.41) is 9.49. The number of benzene rings is 2. The molecule has 0 spiro atoms. The molecule has 0 unspecified atom stereocenters. The Bertz CT molecular complexity index is 763. The molecule has 2 aromatic carbocycles. The van der Waals surface area contributed by atoms with E-state index in [1.165, 1.54) is 0 Å². The van der Waals surface area contributed by atoms with Crippen LogP contribution >= 0.6 is 0 Å². The molecule has 0 aromatic heterocycles. The summed E-state index contributed by atoms with van der Waals surface area (Å²) in [5.74, 6) is -2.08. The molecule has 0 aliphatic heterocycles. The van der Waals surface area contributed by atoms with Gasteiger partial charge in [-0.3, -0.25) is 0 Å². The highest BCUT2D eigenvalue weighted by molar-refractivity contribution is 5.92. The summed E-state index contributed by atoms with van der Waals surface area (Å²) in [7, 11) is 0. The number of carboxylic acids is 1. The molecule has 3 rings (SSSR count). The van der Waals surface area contributed by atoms with E-state index in [0.717, 1.165) is 16.7 Å². The Hall–Kier alpha value is -2.69. The van der Waals surface area contributed by atoms with Crippen molar-refractivity contribution in [3.63, 3.8) is 0 Å². The van der Waals surface area contributed by atoms with E-state index >= 15 is 0 Å². The van der Waals surface area contributed by atoms with Gasteiger partial charge >= 0.3 is 5.97 Å². The van der Waals surface area contributed by atoms with E-state index in [1.807, 2.05) is 66.7 Å². The van der Waals surface area contributed by atoms with E-state index in [4.69, 9.17) is 9.47 Å². The number of ether oxygens (including phenoxy) is 2. The van der Waals surface area contributed by atoms with Crippen molar-refractivity contribution in [1.29, 1.82) is 0 Å². The molecule has 0 fully saturated rings. The molecule has 0 amide bonds. The third-order valence-electron chi connectivity index (χ3n) is 4.36. The topological polar surface area (TPSA) is 55.8 Å². The monoisotopic (exact) mass is 350 g/mol. The van der Waals surface area contributed by atoms with Crippen molar-refractivity contribution >= 4 is 5.97 Å². The van der Waals surface area contributed by atoms with Crippen molar-refractivity contribution in [2.75, 3.05) is 0 Å². The number of hydrogen-bond acceptors (Lipinski definition) is 3. The fourth-order valence-corrected chi connectivity index (χ4v) is 2.83. The summed E-state index contributed by atoms with van der Waals surface area (Å²) in [6, 6.07) is 19.5. The summed E-state index contributed by atoms with van der Waals surface area (Å²) >= 11 is 0.